The van der Waals surface area contributed by atoms with E-state index < -0.39 is 5.41 Å². The zero-order chi connectivity index (χ0) is 9.90. The number of hydrogen-bond acceptors (Lipinski definition) is 2. The smallest absolute Gasteiger partial charge is 0.149 e. The van der Waals surface area contributed by atoms with E-state index in [1.54, 1.807) is 0 Å². The van der Waals surface area contributed by atoms with Crippen molar-refractivity contribution in [3.05, 3.63) is 35.9 Å². The van der Waals surface area contributed by atoms with Crippen molar-refractivity contribution in [2.45, 2.75) is 19.3 Å². The molecule has 0 fully saturated rings. The Labute approximate surface area is 102 Å². The number of oxime groups is 1. The molecule has 0 atom stereocenters. The third kappa shape index (κ3) is 3.61. The molecule has 0 amide bonds. The highest BCUT2D eigenvalue weighted by Crippen LogP contribution is 2.22. The van der Waals surface area contributed by atoms with E-state index in [0.29, 0.717) is 0 Å². The van der Waals surface area contributed by atoms with E-state index in [-0.39, 0.29) is 30.6 Å². The van der Waals surface area contributed by atoms with Crippen LogP contribution in [0.5, 0.6) is 0 Å². The lowest BCUT2D eigenvalue weighted by atomic mass is 9.84. The van der Waals surface area contributed by atoms with Crippen LogP contribution < -0.4 is 5.73 Å². The predicted molar refractivity (Wildman–Crippen MR) is 67.4 cm³/mol. The van der Waals surface area contributed by atoms with Crippen molar-refractivity contribution < 1.29 is 5.21 Å². The van der Waals surface area contributed by atoms with Gasteiger partial charge in [-0.15, -0.1) is 24.8 Å². The number of halogens is 2. The molecule has 0 aliphatic rings. The van der Waals surface area contributed by atoms with Gasteiger partial charge in [-0.05, 0) is 19.4 Å². The summed E-state index contributed by atoms with van der Waals surface area (Å²) < 4.78 is 0. The van der Waals surface area contributed by atoms with Gasteiger partial charge in [0, 0.05) is 0 Å². The molecule has 1 aromatic rings. The normalized spacial score (nSPS) is 11.2. The summed E-state index contributed by atoms with van der Waals surface area (Å²) in [6.45, 7) is 3.83. The van der Waals surface area contributed by atoms with E-state index in [0.717, 1.165) is 5.56 Å². The molecule has 1 rings (SSSR count). The van der Waals surface area contributed by atoms with Gasteiger partial charge in [-0.1, -0.05) is 35.5 Å². The topological polar surface area (TPSA) is 58.6 Å². The highest BCUT2D eigenvalue weighted by atomic mass is 35.5. The molecule has 0 heterocycles. The van der Waals surface area contributed by atoms with Gasteiger partial charge in [0.25, 0.3) is 0 Å². The molecule has 15 heavy (non-hydrogen) atoms. The van der Waals surface area contributed by atoms with Crippen molar-refractivity contribution in [2.24, 2.45) is 10.9 Å². The molecule has 0 aromatic heterocycles. The average Bonchev–Trinajstić information content (AvgIpc) is 2.18. The molecule has 1 aromatic carbocycles. The maximum absolute atomic E-state index is 8.59. The number of amidine groups is 1. The van der Waals surface area contributed by atoms with Gasteiger partial charge in [-0.2, -0.15) is 0 Å². The highest BCUT2D eigenvalue weighted by molar-refractivity contribution is 5.90. The van der Waals surface area contributed by atoms with Crippen molar-refractivity contribution in [1.82, 2.24) is 0 Å². The van der Waals surface area contributed by atoms with Gasteiger partial charge in [-0.25, -0.2) is 0 Å². The first-order valence-corrected chi connectivity index (χ1v) is 4.12. The van der Waals surface area contributed by atoms with Gasteiger partial charge in [0.05, 0.1) is 5.41 Å². The lowest BCUT2D eigenvalue weighted by Crippen LogP contribution is -2.35. The summed E-state index contributed by atoms with van der Waals surface area (Å²) in [4.78, 5) is 0. The Morgan fingerprint density at radius 3 is 2.07 bits per heavy atom. The first-order chi connectivity index (χ1) is 6.09. The maximum atomic E-state index is 8.59. The van der Waals surface area contributed by atoms with Gasteiger partial charge >= 0.3 is 0 Å². The molecule has 0 aliphatic heterocycles. The van der Waals surface area contributed by atoms with Crippen LogP contribution in [0.4, 0.5) is 0 Å². The molecule has 3 N–H and O–H groups in total. The number of nitrogens with zero attached hydrogens (tertiary/aromatic N) is 1. The zero-order valence-corrected chi connectivity index (χ0v) is 10.3. The fourth-order valence-corrected chi connectivity index (χ4v) is 1.13. The van der Waals surface area contributed by atoms with Crippen LogP contribution in [-0.4, -0.2) is 11.0 Å². The van der Waals surface area contributed by atoms with E-state index in [4.69, 9.17) is 10.9 Å². The predicted octanol–water partition coefficient (Wildman–Crippen LogP) is 2.55. The van der Waals surface area contributed by atoms with Crippen molar-refractivity contribution in [3.63, 3.8) is 0 Å². The quantitative estimate of drug-likeness (QED) is 0.367. The molecule has 0 aliphatic carbocycles. The SMILES string of the molecule is CC(C)(/C(N)=N/O)c1ccccc1.Cl.Cl. The summed E-state index contributed by atoms with van der Waals surface area (Å²) >= 11 is 0. The number of rotatable bonds is 2. The fourth-order valence-electron chi connectivity index (χ4n) is 1.13. The first-order valence-electron chi connectivity index (χ1n) is 4.12. The minimum atomic E-state index is -0.421. The van der Waals surface area contributed by atoms with Gasteiger partial charge in [-0.3, -0.25) is 0 Å². The lowest BCUT2D eigenvalue weighted by Gasteiger charge is -2.23. The fraction of sp³-hybridized carbons (Fsp3) is 0.300. The summed E-state index contributed by atoms with van der Waals surface area (Å²) in [6, 6.07) is 9.71. The number of hydrogen-bond donors (Lipinski definition) is 2. The van der Waals surface area contributed by atoms with Crippen LogP contribution in [0, 0.1) is 0 Å². The summed E-state index contributed by atoms with van der Waals surface area (Å²) in [6.07, 6.45) is 0. The molecule has 0 spiro atoms. The Morgan fingerprint density at radius 2 is 1.67 bits per heavy atom. The van der Waals surface area contributed by atoms with Gasteiger partial charge in [0.15, 0.2) is 0 Å². The van der Waals surface area contributed by atoms with E-state index in [2.05, 4.69) is 5.16 Å². The van der Waals surface area contributed by atoms with Crippen molar-refractivity contribution >= 4 is 30.6 Å². The Kier molecular flexibility index (Phi) is 7.19. The summed E-state index contributed by atoms with van der Waals surface area (Å²) in [5.74, 6) is 0.221. The summed E-state index contributed by atoms with van der Waals surface area (Å²) in [5.41, 5.74) is 6.19. The Balaban J connectivity index is 0. The number of nitrogens with two attached hydrogens (primary N) is 1. The van der Waals surface area contributed by atoms with Crippen molar-refractivity contribution in [2.75, 3.05) is 0 Å². The molecule has 0 radical (unpaired) electrons. The van der Waals surface area contributed by atoms with Crippen LogP contribution in [-0.2, 0) is 5.41 Å². The first kappa shape index (κ1) is 16.5. The second kappa shape index (κ2) is 6.53. The van der Waals surface area contributed by atoms with Crippen LogP contribution in [0.1, 0.15) is 19.4 Å². The number of benzene rings is 1. The molecular formula is C10H16Cl2N2O. The molecule has 0 saturated heterocycles. The van der Waals surface area contributed by atoms with Crippen LogP contribution >= 0.6 is 24.8 Å². The van der Waals surface area contributed by atoms with E-state index in [1.165, 1.54) is 0 Å². The van der Waals surface area contributed by atoms with Crippen LogP contribution in [0.25, 0.3) is 0 Å². The molecule has 5 heteroatoms. The molecule has 0 bridgehead atoms. The maximum Gasteiger partial charge on any atom is 0.149 e. The van der Waals surface area contributed by atoms with Gasteiger partial charge in [0.2, 0.25) is 0 Å². The van der Waals surface area contributed by atoms with E-state index >= 15 is 0 Å². The van der Waals surface area contributed by atoms with Crippen molar-refractivity contribution in [3.8, 4) is 0 Å². The molecule has 0 saturated carbocycles. The highest BCUT2D eigenvalue weighted by Gasteiger charge is 2.25. The Morgan fingerprint density at radius 1 is 1.20 bits per heavy atom. The average molecular weight is 251 g/mol. The minimum Gasteiger partial charge on any atom is -0.409 e. The van der Waals surface area contributed by atoms with Gasteiger partial charge < -0.3 is 10.9 Å². The second-order valence-electron chi connectivity index (χ2n) is 3.48. The standard InChI is InChI=1S/C10H14N2O.2ClH/c1-10(2,9(11)12-13)8-6-4-3-5-7-8;;/h3-7,13H,1-2H3,(H2,11,12);2*1H. The van der Waals surface area contributed by atoms with Crippen molar-refractivity contribution in [1.29, 1.82) is 0 Å². The third-order valence-corrected chi connectivity index (χ3v) is 2.24. The largest absolute Gasteiger partial charge is 0.409 e. The van der Waals surface area contributed by atoms with Gasteiger partial charge in [0.1, 0.15) is 5.84 Å². The Bertz CT molecular complexity index is 312. The zero-order valence-electron chi connectivity index (χ0n) is 8.68. The van der Waals surface area contributed by atoms with Crippen LogP contribution in [0.2, 0.25) is 0 Å². The molecule has 3 nitrogen and oxygen atoms in total. The molecular weight excluding hydrogens is 235 g/mol. The second-order valence-corrected chi connectivity index (χ2v) is 3.48. The van der Waals surface area contributed by atoms with E-state index in [1.807, 2.05) is 44.2 Å². The molecule has 86 valence electrons. The van der Waals surface area contributed by atoms with E-state index in [9.17, 15) is 0 Å². The molecule has 0 unspecified atom stereocenters. The third-order valence-electron chi connectivity index (χ3n) is 2.24. The van der Waals surface area contributed by atoms with Crippen LogP contribution in [0.15, 0.2) is 35.5 Å². The van der Waals surface area contributed by atoms with Crippen LogP contribution in [0.3, 0.4) is 0 Å². The Hall–Kier alpha value is -0.930. The monoisotopic (exact) mass is 250 g/mol. The summed E-state index contributed by atoms with van der Waals surface area (Å²) in [5, 5.41) is 11.6. The lowest BCUT2D eigenvalue weighted by molar-refractivity contribution is 0.313. The minimum absolute atomic E-state index is 0. The summed E-state index contributed by atoms with van der Waals surface area (Å²) in [7, 11) is 0.